The number of hydrogen-bond acceptors (Lipinski definition) is 4. The number of pyridine rings is 1. The Morgan fingerprint density at radius 2 is 1.76 bits per heavy atom. The van der Waals surface area contributed by atoms with Gasteiger partial charge in [-0.15, -0.1) is 6.58 Å². The molecular formula is C23H21N3O3. The molecule has 3 rings (SSSR count). The molecule has 6 heteroatoms. The monoisotopic (exact) mass is 387 g/mol. The lowest BCUT2D eigenvalue weighted by Gasteiger charge is -2.11. The lowest BCUT2D eigenvalue weighted by atomic mass is 10.1. The molecule has 2 amide bonds. The summed E-state index contributed by atoms with van der Waals surface area (Å²) >= 11 is 0. The highest BCUT2D eigenvalue weighted by molar-refractivity contribution is 6.09. The lowest BCUT2D eigenvalue weighted by molar-refractivity contribution is 0.0959. The molecule has 2 N–H and O–H groups in total. The Bertz CT molecular complexity index is 1000. The lowest BCUT2D eigenvalue weighted by Crippen LogP contribution is -2.25. The van der Waals surface area contributed by atoms with Gasteiger partial charge in [-0.05, 0) is 23.8 Å². The van der Waals surface area contributed by atoms with E-state index in [9.17, 15) is 9.59 Å². The molecule has 0 aliphatic carbocycles. The largest absolute Gasteiger partial charge is 0.473 e. The third kappa shape index (κ3) is 5.52. The van der Waals surface area contributed by atoms with Crippen LogP contribution in [0.5, 0.6) is 5.88 Å². The molecule has 29 heavy (non-hydrogen) atoms. The molecule has 0 fully saturated rings. The summed E-state index contributed by atoms with van der Waals surface area (Å²) in [7, 11) is 0. The smallest absolute Gasteiger partial charge is 0.255 e. The van der Waals surface area contributed by atoms with E-state index in [1.165, 1.54) is 6.20 Å². The van der Waals surface area contributed by atoms with Gasteiger partial charge in [-0.25, -0.2) is 4.98 Å². The van der Waals surface area contributed by atoms with Crippen molar-refractivity contribution >= 4 is 17.5 Å². The Morgan fingerprint density at radius 1 is 1.00 bits per heavy atom. The molecule has 0 radical (unpaired) electrons. The van der Waals surface area contributed by atoms with Crippen LogP contribution >= 0.6 is 0 Å². The molecule has 6 nitrogen and oxygen atoms in total. The number of carbonyl (C=O) groups is 2. The van der Waals surface area contributed by atoms with Crippen LogP contribution in [0, 0.1) is 0 Å². The highest BCUT2D eigenvalue weighted by atomic mass is 16.5. The zero-order valence-corrected chi connectivity index (χ0v) is 15.8. The van der Waals surface area contributed by atoms with Crippen molar-refractivity contribution < 1.29 is 14.3 Å². The minimum absolute atomic E-state index is 0.289. The Morgan fingerprint density at radius 3 is 2.55 bits per heavy atom. The van der Waals surface area contributed by atoms with Crippen molar-refractivity contribution in [3.05, 3.63) is 102 Å². The van der Waals surface area contributed by atoms with E-state index in [1.54, 1.807) is 42.5 Å². The number of para-hydroxylation sites is 1. The molecule has 2 aromatic carbocycles. The molecule has 0 saturated carbocycles. The predicted molar refractivity (Wildman–Crippen MR) is 112 cm³/mol. The normalized spacial score (nSPS) is 10.1. The van der Waals surface area contributed by atoms with Crippen LogP contribution in [0.3, 0.4) is 0 Å². The minimum Gasteiger partial charge on any atom is -0.473 e. The quantitative estimate of drug-likeness (QED) is 0.576. The van der Waals surface area contributed by atoms with Crippen LogP contribution < -0.4 is 15.4 Å². The summed E-state index contributed by atoms with van der Waals surface area (Å²) < 4.78 is 5.67. The van der Waals surface area contributed by atoms with Gasteiger partial charge in [0.05, 0.1) is 11.3 Å². The maximum atomic E-state index is 12.7. The summed E-state index contributed by atoms with van der Waals surface area (Å²) in [5.41, 5.74) is 2.17. The first-order chi connectivity index (χ1) is 14.2. The van der Waals surface area contributed by atoms with E-state index >= 15 is 0 Å². The number of nitrogens with zero attached hydrogens (tertiary/aromatic N) is 1. The molecule has 1 aromatic heterocycles. The summed E-state index contributed by atoms with van der Waals surface area (Å²) in [6.07, 6.45) is 3.10. The summed E-state index contributed by atoms with van der Waals surface area (Å²) in [6, 6.07) is 19.7. The number of anilines is 1. The van der Waals surface area contributed by atoms with E-state index < -0.39 is 0 Å². The number of benzene rings is 2. The van der Waals surface area contributed by atoms with Gasteiger partial charge >= 0.3 is 0 Å². The summed E-state index contributed by atoms with van der Waals surface area (Å²) in [5, 5.41) is 5.48. The average molecular weight is 387 g/mol. The molecule has 0 unspecified atom stereocenters. The van der Waals surface area contributed by atoms with Gasteiger partial charge < -0.3 is 15.4 Å². The number of carbonyl (C=O) groups excluding carboxylic acids is 2. The molecule has 3 aromatic rings. The van der Waals surface area contributed by atoms with Gasteiger partial charge in [0.15, 0.2) is 0 Å². The second-order valence-electron chi connectivity index (χ2n) is 6.16. The van der Waals surface area contributed by atoms with Gasteiger partial charge in [-0.1, -0.05) is 48.5 Å². The highest BCUT2D eigenvalue weighted by Crippen LogP contribution is 2.18. The molecule has 0 aliphatic rings. The SMILES string of the molecule is C=CCNC(=O)c1ccccc1NC(=O)c1ccnc(OCc2ccccc2)c1. The number of ether oxygens (including phenoxy) is 1. The fraction of sp³-hybridized carbons (Fsp3) is 0.0870. The van der Waals surface area contributed by atoms with Crippen molar-refractivity contribution in [2.75, 3.05) is 11.9 Å². The Kier molecular flexibility index (Phi) is 6.73. The van der Waals surface area contributed by atoms with Gasteiger partial charge in [-0.3, -0.25) is 9.59 Å². The van der Waals surface area contributed by atoms with E-state index in [-0.39, 0.29) is 11.8 Å². The maximum Gasteiger partial charge on any atom is 0.255 e. The van der Waals surface area contributed by atoms with E-state index in [0.717, 1.165) is 5.56 Å². The van der Waals surface area contributed by atoms with Crippen LogP contribution in [0.15, 0.2) is 85.6 Å². The second-order valence-corrected chi connectivity index (χ2v) is 6.16. The number of rotatable bonds is 8. The van der Waals surface area contributed by atoms with Crippen molar-refractivity contribution in [2.24, 2.45) is 0 Å². The molecule has 1 heterocycles. The third-order valence-corrected chi connectivity index (χ3v) is 4.05. The molecule has 0 bridgehead atoms. The number of aromatic nitrogens is 1. The van der Waals surface area contributed by atoms with Crippen LogP contribution in [0.25, 0.3) is 0 Å². The second kappa shape index (κ2) is 9.85. The molecule has 146 valence electrons. The Hall–Kier alpha value is -3.93. The minimum atomic E-state index is -0.360. The fourth-order valence-electron chi connectivity index (χ4n) is 2.61. The van der Waals surface area contributed by atoms with E-state index in [1.807, 2.05) is 30.3 Å². The van der Waals surface area contributed by atoms with Gasteiger partial charge in [0.1, 0.15) is 6.61 Å². The first-order valence-corrected chi connectivity index (χ1v) is 9.09. The zero-order valence-electron chi connectivity index (χ0n) is 15.8. The molecule has 0 saturated heterocycles. The number of nitrogens with one attached hydrogen (secondary N) is 2. The summed E-state index contributed by atoms with van der Waals surface area (Å²) in [4.78, 5) is 29.1. The third-order valence-electron chi connectivity index (χ3n) is 4.05. The molecule has 0 atom stereocenters. The van der Waals surface area contributed by atoms with Crippen LogP contribution in [-0.4, -0.2) is 23.3 Å². The van der Waals surface area contributed by atoms with Crippen LogP contribution in [0.4, 0.5) is 5.69 Å². The molecule has 0 spiro atoms. The van der Waals surface area contributed by atoms with E-state index in [0.29, 0.717) is 35.8 Å². The first kappa shape index (κ1) is 19.8. The average Bonchev–Trinajstić information content (AvgIpc) is 2.77. The molecular weight excluding hydrogens is 366 g/mol. The zero-order chi connectivity index (χ0) is 20.5. The van der Waals surface area contributed by atoms with E-state index in [4.69, 9.17) is 4.74 Å². The fourth-order valence-corrected chi connectivity index (χ4v) is 2.61. The standard InChI is InChI=1S/C23H21N3O3/c1-2-13-25-23(28)19-10-6-7-11-20(19)26-22(27)18-12-14-24-21(15-18)29-16-17-8-4-3-5-9-17/h2-12,14-15H,1,13,16H2,(H,25,28)(H,26,27). The van der Waals surface area contributed by atoms with Crippen molar-refractivity contribution in [1.29, 1.82) is 0 Å². The van der Waals surface area contributed by atoms with Gasteiger partial charge in [0.25, 0.3) is 11.8 Å². The highest BCUT2D eigenvalue weighted by Gasteiger charge is 2.14. The van der Waals surface area contributed by atoms with Crippen LogP contribution in [-0.2, 0) is 6.61 Å². The van der Waals surface area contributed by atoms with Crippen molar-refractivity contribution in [2.45, 2.75) is 6.61 Å². The summed E-state index contributed by atoms with van der Waals surface area (Å²) in [5.74, 6) is -0.304. The van der Waals surface area contributed by atoms with Gasteiger partial charge in [-0.2, -0.15) is 0 Å². The van der Waals surface area contributed by atoms with Gasteiger partial charge in [0, 0.05) is 24.4 Å². The van der Waals surface area contributed by atoms with Crippen molar-refractivity contribution in [3.8, 4) is 5.88 Å². The van der Waals surface area contributed by atoms with Crippen LogP contribution in [0.1, 0.15) is 26.3 Å². The Balaban J connectivity index is 1.70. The van der Waals surface area contributed by atoms with Crippen LogP contribution in [0.2, 0.25) is 0 Å². The Labute approximate surface area is 169 Å². The van der Waals surface area contributed by atoms with E-state index in [2.05, 4.69) is 22.2 Å². The first-order valence-electron chi connectivity index (χ1n) is 9.09. The predicted octanol–water partition coefficient (Wildman–Crippen LogP) is 3.83. The van der Waals surface area contributed by atoms with Gasteiger partial charge in [0.2, 0.25) is 5.88 Å². The van der Waals surface area contributed by atoms with Crippen molar-refractivity contribution in [3.63, 3.8) is 0 Å². The number of hydrogen-bond donors (Lipinski definition) is 2. The topological polar surface area (TPSA) is 80.3 Å². The maximum absolute atomic E-state index is 12.7. The number of amides is 2. The van der Waals surface area contributed by atoms with Crippen molar-refractivity contribution in [1.82, 2.24) is 10.3 Å². The summed E-state index contributed by atoms with van der Waals surface area (Å²) in [6.45, 7) is 4.27. The molecule has 0 aliphatic heterocycles.